The summed E-state index contributed by atoms with van der Waals surface area (Å²) in [6, 6.07) is -0.229. The van der Waals surface area contributed by atoms with Gasteiger partial charge in [-0.25, -0.2) is 4.28 Å². The van der Waals surface area contributed by atoms with Crippen molar-refractivity contribution in [1.29, 1.82) is 0 Å². The number of oxime groups is 1. The molecular formula is C4H9N3O4S. The van der Waals surface area contributed by atoms with Gasteiger partial charge >= 0.3 is 10.4 Å². The summed E-state index contributed by atoms with van der Waals surface area (Å²) < 4.78 is 29.6. The first kappa shape index (κ1) is 9.07. The van der Waals surface area contributed by atoms with Crippen LogP contribution in [0.2, 0.25) is 0 Å². The van der Waals surface area contributed by atoms with Gasteiger partial charge in [0.05, 0.1) is 6.04 Å². The summed E-state index contributed by atoms with van der Waals surface area (Å²) in [4.78, 5) is 0. The minimum atomic E-state index is -4.05. The first-order valence-electron chi connectivity index (χ1n) is 3.18. The molecule has 0 amide bonds. The van der Waals surface area contributed by atoms with Crippen LogP contribution in [0.3, 0.4) is 0 Å². The molecule has 0 saturated carbocycles. The van der Waals surface area contributed by atoms with Gasteiger partial charge in [-0.2, -0.15) is 13.5 Å². The van der Waals surface area contributed by atoms with Gasteiger partial charge in [-0.3, -0.25) is 0 Å². The fourth-order valence-corrected chi connectivity index (χ4v) is 1.26. The molecule has 0 bridgehead atoms. The van der Waals surface area contributed by atoms with Crippen LogP contribution >= 0.6 is 0 Å². The van der Waals surface area contributed by atoms with Crippen LogP contribution in [-0.2, 0) is 19.0 Å². The van der Waals surface area contributed by atoms with Crippen LogP contribution in [-0.4, -0.2) is 25.5 Å². The van der Waals surface area contributed by atoms with Gasteiger partial charge in [0, 0.05) is 0 Å². The van der Waals surface area contributed by atoms with E-state index in [-0.39, 0.29) is 12.0 Å². The van der Waals surface area contributed by atoms with Gasteiger partial charge < -0.3 is 5.73 Å². The maximum atomic E-state index is 10.7. The van der Waals surface area contributed by atoms with Crippen molar-refractivity contribution in [2.24, 2.45) is 10.9 Å². The Morgan fingerprint density at radius 2 is 2.17 bits per heavy atom. The quantitative estimate of drug-likeness (QED) is 0.584. The lowest BCUT2D eigenvalue weighted by Gasteiger charge is -2.26. The van der Waals surface area contributed by atoms with Crippen molar-refractivity contribution in [3.05, 3.63) is 0 Å². The SMILES string of the molecule is CC(C)N1OS(=O)(=O)ON=C1N. The summed E-state index contributed by atoms with van der Waals surface area (Å²) in [5.41, 5.74) is 5.26. The fraction of sp³-hybridized carbons (Fsp3) is 0.750. The molecule has 8 heteroatoms. The second kappa shape index (κ2) is 2.79. The van der Waals surface area contributed by atoms with Gasteiger partial charge in [0.15, 0.2) is 0 Å². The number of guanidine groups is 1. The molecule has 7 nitrogen and oxygen atoms in total. The van der Waals surface area contributed by atoms with Crippen LogP contribution in [0.4, 0.5) is 0 Å². The van der Waals surface area contributed by atoms with E-state index < -0.39 is 10.4 Å². The van der Waals surface area contributed by atoms with Crippen LogP contribution in [0.5, 0.6) is 0 Å². The monoisotopic (exact) mass is 195 g/mol. The van der Waals surface area contributed by atoms with Crippen molar-refractivity contribution in [1.82, 2.24) is 5.06 Å². The summed E-state index contributed by atoms with van der Waals surface area (Å²) in [7, 11) is -4.05. The van der Waals surface area contributed by atoms with Gasteiger partial charge in [0.1, 0.15) is 0 Å². The molecule has 2 N–H and O–H groups in total. The highest BCUT2D eigenvalue weighted by Crippen LogP contribution is 2.11. The zero-order valence-electron chi connectivity index (χ0n) is 6.59. The van der Waals surface area contributed by atoms with Crippen molar-refractivity contribution in [2.45, 2.75) is 19.9 Å². The third-order valence-electron chi connectivity index (χ3n) is 1.09. The summed E-state index contributed by atoms with van der Waals surface area (Å²) in [6.45, 7) is 3.40. The molecule has 0 spiro atoms. The molecule has 0 aromatic rings. The van der Waals surface area contributed by atoms with Gasteiger partial charge in [0.25, 0.3) is 5.96 Å². The van der Waals surface area contributed by atoms with Crippen molar-refractivity contribution in [3.8, 4) is 0 Å². The Kier molecular flexibility index (Phi) is 2.11. The van der Waals surface area contributed by atoms with E-state index in [1.807, 2.05) is 0 Å². The lowest BCUT2D eigenvalue weighted by atomic mass is 10.4. The fourth-order valence-electron chi connectivity index (χ4n) is 0.625. The van der Waals surface area contributed by atoms with Crippen molar-refractivity contribution >= 4 is 16.4 Å². The van der Waals surface area contributed by atoms with Crippen LogP contribution in [0, 0.1) is 0 Å². The molecule has 1 heterocycles. The second-order valence-electron chi connectivity index (χ2n) is 2.43. The summed E-state index contributed by atoms with van der Waals surface area (Å²) in [5, 5.41) is 4.04. The normalized spacial score (nSPS) is 21.9. The van der Waals surface area contributed by atoms with E-state index in [9.17, 15) is 8.42 Å². The minimum Gasteiger partial charge on any atom is -0.365 e. The summed E-state index contributed by atoms with van der Waals surface area (Å²) in [6.07, 6.45) is 0. The Hall–Kier alpha value is -1.02. The minimum absolute atomic E-state index is 0.125. The van der Waals surface area contributed by atoms with Gasteiger partial charge in [-0.05, 0) is 19.0 Å². The molecule has 12 heavy (non-hydrogen) atoms. The molecule has 0 aliphatic carbocycles. The van der Waals surface area contributed by atoms with Gasteiger partial charge in [0.2, 0.25) is 0 Å². The number of hydroxylamine groups is 2. The van der Waals surface area contributed by atoms with E-state index in [1.165, 1.54) is 0 Å². The third kappa shape index (κ3) is 1.77. The molecule has 0 fully saturated rings. The average molecular weight is 195 g/mol. The van der Waals surface area contributed by atoms with Crippen LogP contribution < -0.4 is 5.73 Å². The predicted octanol–water partition coefficient (Wildman–Crippen LogP) is -0.867. The number of rotatable bonds is 1. The average Bonchev–Trinajstić information content (AvgIpc) is 1.94. The molecule has 0 aromatic heterocycles. The maximum absolute atomic E-state index is 10.7. The lowest BCUT2D eigenvalue weighted by molar-refractivity contribution is -0.0376. The highest BCUT2D eigenvalue weighted by Gasteiger charge is 2.29. The zero-order chi connectivity index (χ0) is 9.35. The lowest BCUT2D eigenvalue weighted by Crippen LogP contribution is -2.46. The van der Waals surface area contributed by atoms with E-state index in [0.717, 1.165) is 5.06 Å². The topological polar surface area (TPSA) is 94.2 Å². The molecule has 70 valence electrons. The first-order chi connectivity index (χ1) is 5.42. The number of hydrogen-bond donors (Lipinski definition) is 1. The van der Waals surface area contributed by atoms with Crippen LogP contribution in [0.15, 0.2) is 5.16 Å². The largest absolute Gasteiger partial charge is 0.491 e. The Balaban J connectivity index is 2.90. The molecule has 0 atom stereocenters. The van der Waals surface area contributed by atoms with E-state index in [0.29, 0.717) is 0 Å². The van der Waals surface area contributed by atoms with Gasteiger partial charge in [-0.1, -0.05) is 0 Å². The Labute approximate surface area is 70.0 Å². The summed E-state index contributed by atoms with van der Waals surface area (Å²) >= 11 is 0. The smallest absolute Gasteiger partial charge is 0.365 e. The number of nitrogens with two attached hydrogens (primary N) is 1. The highest BCUT2D eigenvalue weighted by atomic mass is 32.3. The predicted molar refractivity (Wildman–Crippen MR) is 39.7 cm³/mol. The second-order valence-corrected chi connectivity index (χ2v) is 3.54. The Morgan fingerprint density at radius 1 is 1.58 bits per heavy atom. The number of hydrogen-bond acceptors (Lipinski definition) is 7. The zero-order valence-corrected chi connectivity index (χ0v) is 7.41. The molecule has 1 rings (SSSR count). The maximum Gasteiger partial charge on any atom is 0.491 e. The molecule has 0 radical (unpaired) electrons. The Morgan fingerprint density at radius 3 is 2.58 bits per heavy atom. The third-order valence-corrected chi connectivity index (χ3v) is 1.69. The van der Waals surface area contributed by atoms with Crippen LogP contribution in [0.25, 0.3) is 0 Å². The molecular weight excluding hydrogens is 186 g/mol. The molecule has 0 unspecified atom stereocenters. The van der Waals surface area contributed by atoms with Gasteiger partial charge in [-0.15, -0.1) is 4.28 Å². The standard InChI is InChI=1S/C4H9N3O4S/c1-3(2)7-4(5)6-10-12(8,9)11-7/h3H,1-2H3,(H2,5,6). The van der Waals surface area contributed by atoms with E-state index >= 15 is 0 Å². The molecule has 1 aliphatic heterocycles. The first-order valence-corrected chi connectivity index (χ1v) is 4.51. The Bertz CT molecular complexity index is 295. The van der Waals surface area contributed by atoms with E-state index in [2.05, 4.69) is 13.7 Å². The molecule has 1 aliphatic rings. The van der Waals surface area contributed by atoms with Crippen molar-refractivity contribution in [3.63, 3.8) is 0 Å². The summed E-state index contributed by atoms with van der Waals surface area (Å²) in [5.74, 6) is -0.125. The number of nitrogens with zero attached hydrogens (tertiary/aromatic N) is 2. The van der Waals surface area contributed by atoms with E-state index in [4.69, 9.17) is 5.73 Å². The van der Waals surface area contributed by atoms with Crippen molar-refractivity contribution in [2.75, 3.05) is 0 Å². The van der Waals surface area contributed by atoms with E-state index in [1.54, 1.807) is 13.8 Å². The molecule has 0 saturated heterocycles. The highest BCUT2D eigenvalue weighted by molar-refractivity contribution is 7.81. The van der Waals surface area contributed by atoms with Crippen molar-refractivity contribution < 1.29 is 17.0 Å². The van der Waals surface area contributed by atoms with Crippen LogP contribution in [0.1, 0.15) is 13.8 Å². The molecule has 0 aromatic carbocycles.